The van der Waals surface area contributed by atoms with E-state index < -0.39 is 29.5 Å². The van der Waals surface area contributed by atoms with Gasteiger partial charge in [0.25, 0.3) is 11.8 Å². The quantitative estimate of drug-likeness (QED) is 0.238. The molecule has 3 aromatic rings. The maximum Gasteiger partial charge on any atom is 0.342 e. The Morgan fingerprint density at radius 1 is 1.00 bits per heavy atom. The lowest BCUT2D eigenvalue weighted by molar-refractivity contribution is -0.868. The third-order valence-electron chi connectivity index (χ3n) is 5.81. The molecule has 206 valence electrons. The predicted octanol–water partition coefficient (Wildman–Crippen LogP) is 3.67. The number of ether oxygens (including phenoxy) is 2. The molecule has 0 saturated heterocycles. The van der Waals surface area contributed by atoms with E-state index in [1.807, 2.05) is 18.2 Å². The maximum atomic E-state index is 13.0. The van der Waals surface area contributed by atoms with Gasteiger partial charge in [0.05, 0.1) is 50.9 Å². The van der Waals surface area contributed by atoms with Gasteiger partial charge in [-0.25, -0.2) is 14.6 Å². The minimum atomic E-state index is -1.37. The van der Waals surface area contributed by atoms with Crippen LogP contribution in [0.15, 0.2) is 54.6 Å². The SMILES string of the molecule is CC(C)(C)OC(=O)[C@H](COc1ccc2nc(NCC[N+](C)(C)C)ccc2c1)ON1C(=O)c2ccccc2C1=O. The van der Waals surface area contributed by atoms with E-state index in [1.165, 1.54) is 12.1 Å². The van der Waals surface area contributed by atoms with Crippen LogP contribution < -0.4 is 10.1 Å². The van der Waals surface area contributed by atoms with E-state index in [0.717, 1.165) is 34.3 Å². The van der Waals surface area contributed by atoms with Gasteiger partial charge in [0.1, 0.15) is 23.8 Å². The van der Waals surface area contributed by atoms with Gasteiger partial charge >= 0.3 is 5.97 Å². The number of pyridine rings is 1. The summed E-state index contributed by atoms with van der Waals surface area (Å²) in [5.41, 5.74) is 0.385. The normalized spacial score (nSPS) is 14.4. The van der Waals surface area contributed by atoms with Crippen molar-refractivity contribution in [2.24, 2.45) is 0 Å². The van der Waals surface area contributed by atoms with E-state index in [2.05, 4.69) is 31.4 Å². The highest BCUT2D eigenvalue weighted by Gasteiger charge is 2.40. The highest BCUT2D eigenvalue weighted by Crippen LogP contribution is 2.25. The molecule has 39 heavy (non-hydrogen) atoms. The van der Waals surface area contributed by atoms with Crippen molar-refractivity contribution < 1.29 is 33.2 Å². The molecule has 1 aliphatic rings. The number of benzene rings is 2. The number of nitrogens with zero attached hydrogens (tertiary/aromatic N) is 3. The molecule has 1 N–H and O–H groups in total. The number of nitrogens with one attached hydrogen (secondary N) is 1. The van der Waals surface area contributed by atoms with Crippen molar-refractivity contribution in [3.05, 3.63) is 65.7 Å². The molecule has 2 heterocycles. The van der Waals surface area contributed by atoms with Crippen LogP contribution in [0.4, 0.5) is 5.82 Å². The minimum absolute atomic E-state index is 0.208. The summed E-state index contributed by atoms with van der Waals surface area (Å²) in [4.78, 5) is 48.8. The molecule has 10 heteroatoms. The van der Waals surface area contributed by atoms with Crippen LogP contribution in [-0.2, 0) is 14.4 Å². The number of likely N-dealkylation sites (N-methyl/N-ethyl adjacent to an activating group) is 1. The van der Waals surface area contributed by atoms with Crippen molar-refractivity contribution in [3.63, 3.8) is 0 Å². The fourth-order valence-corrected chi connectivity index (χ4v) is 3.88. The van der Waals surface area contributed by atoms with Gasteiger partial charge in [-0.1, -0.05) is 12.1 Å². The molecule has 1 aliphatic heterocycles. The number of imide groups is 1. The Bertz CT molecular complexity index is 1360. The molecule has 0 unspecified atom stereocenters. The Labute approximate surface area is 228 Å². The molecule has 4 rings (SSSR count). The van der Waals surface area contributed by atoms with Gasteiger partial charge in [-0.05, 0) is 63.2 Å². The molecular weight excluding hydrogens is 500 g/mol. The van der Waals surface area contributed by atoms with E-state index in [1.54, 1.807) is 45.0 Å². The molecule has 0 bridgehead atoms. The molecule has 1 atom stereocenters. The van der Waals surface area contributed by atoms with Crippen LogP contribution in [0, 0.1) is 0 Å². The van der Waals surface area contributed by atoms with E-state index in [4.69, 9.17) is 14.3 Å². The molecule has 0 radical (unpaired) electrons. The van der Waals surface area contributed by atoms with Crippen molar-refractivity contribution in [1.29, 1.82) is 0 Å². The van der Waals surface area contributed by atoms with Gasteiger partial charge < -0.3 is 19.3 Å². The second-order valence-corrected chi connectivity index (χ2v) is 11.4. The first kappa shape index (κ1) is 28.0. The Hall–Kier alpha value is -4.02. The number of esters is 1. The van der Waals surface area contributed by atoms with Gasteiger partial charge in [-0.2, -0.15) is 0 Å². The second kappa shape index (κ2) is 11.0. The third-order valence-corrected chi connectivity index (χ3v) is 5.81. The van der Waals surface area contributed by atoms with E-state index in [9.17, 15) is 14.4 Å². The molecule has 0 aliphatic carbocycles. The molecule has 0 saturated carbocycles. The lowest BCUT2D eigenvalue weighted by Crippen LogP contribution is -2.43. The lowest BCUT2D eigenvalue weighted by Gasteiger charge is -2.26. The van der Waals surface area contributed by atoms with E-state index in [0.29, 0.717) is 10.8 Å². The molecule has 0 fully saturated rings. The number of fused-ring (bicyclic) bond motifs is 2. The lowest BCUT2D eigenvalue weighted by atomic mass is 10.1. The smallest absolute Gasteiger partial charge is 0.342 e. The Morgan fingerprint density at radius 3 is 2.28 bits per heavy atom. The fraction of sp³-hybridized carbons (Fsp3) is 0.379. The second-order valence-electron chi connectivity index (χ2n) is 11.4. The van der Waals surface area contributed by atoms with Crippen LogP contribution in [0.1, 0.15) is 41.5 Å². The van der Waals surface area contributed by atoms with Gasteiger partial charge in [0, 0.05) is 5.39 Å². The molecule has 0 spiro atoms. The fourth-order valence-electron chi connectivity index (χ4n) is 3.88. The maximum absolute atomic E-state index is 13.0. The number of amides is 2. The average molecular weight is 536 g/mol. The molecule has 2 aromatic carbocycles. The summed E-state index contributed by atoms with van der Waals surface area (Å²) in [6, 6.07) is 15.6. The summed E-state index contributed by atoms with van der Waals surface area (Å²) in [5, 5.41) is 4.79. The number of aromatic nitrogens is 1. The Morgan fingerprint density at radius 2 is 1.67 bits per heavy atom. The van der Waals surface area contributed by atoms with Gasteiger partial charge in [0.15, 0.2) is 0 Å². The number of carbonyl (C=O) groups is 3. The van der Waals surface area contributed by atoms with E-state index in [-0.39, 0.29) is 17.7 Å². The average Bonchev–Trinajstić information content (AvgIpc) is 3.09. The van der Waals surface area contributed by atoms with Crippen LogP contribution >= 0.6 is 0 Å². The summed E-state index contributed by atoms with van der Waals surface area (Å²) in [7, 11) is 6.40. The summed E-state index contributed by atoms with van der Waals surface area (Å²) in [6.07, 6.45) is -1.37. The predicted molar refractivity (Wildman–Crippen MR) is 146 cm³/mol. The van der Waals surface area contributed by atoms with Crippen molar-refractivity contribution in [1.82, 2.24) is 10.0 Å². The Balaban J connectivity index is 1.46. The highest BCUT2D eigenvalue weighted by atomic mass is 16.7. The largest absolute Gasteiger partial charge is 0.490 e. The highest BCUT2D eigenvalue weighted by molar-refractivity contribution is 6.20. The zero-order valence-corrected chi connectivity index (χ0v) is 23.2. The first-order valence-corrected chi connectivity index (χ1v) is 12.8. The topological polar surface area (TPSA) is 107 Å². The van der Waals surface area contributed by atoms with Gasteiger partial charge in [-0.15, -0.1) is 5.06 Å². The molecule has 2 amide bonds. The molecule has 1 aromatic heterocycles. The standard InChI is InChI=1S/C29H35N4O6/c1-29(2,3)38-28(36)24(39-32-26(34)21-9-7-8-10-22(21)27(32)35)18-37-20-12-13-23-19(17-20)11-14-25(31-23)30-15-16-33(4,5)6/h7-14,17,24H,15-16,18H2,1-6H3,(H,30,31)/q+1/t24-/m0/s1. The third kappa shape index (κ3) is 7.10. The van der Waals surface area contributed by atoms with E-state index >= 15 is 0 Å². The first-order chi connectivity index (χ1) is 18.3. The minimum Gasteiger partial charge on any atom is -0.490 e. The number of hydrogen-bond donors (Lipinski definition) is 1. The first-order valence-electron chi connectivity index (χ1n) is 12.8. The van der Waals surface area contributed by atoms with Crippen LogP contribution in [-0.4, -0.2) is 84.9 Å². The van der Waals surface area contributed by atoms with Gasteiger partial charge in [-0.3, -0.25) is 9.59 Å². The number of anilines is 1. The summed E-state index contributed by atoms with van der Waals surface area (Å²) in [6.45, 7) is 6.61. The zero-order valence-electron chi connectivity index (χ0n) is 23.2. The van der Waals surface area contributed by atoms with Crippen molar-refractivity contribution in [2.45, 2.75) is 32.5 Å². The van der Waals surface area contributed by atoms with Crippen LogP contribution in [0.5, 0.6) is 5.75 Å². The number of quaternary nitrogens is 1. The number of rotatable bonds is 10. The summed E-state index contributed by atoms with van der Waals surface area (Å²) < 4.78 is 12.2. The monoisotopic (exact) mass is 535 g/mol. The Kier molecular flexibility index (Phi) is 7.89. The molecule has 10 nitrogen and oxygen atoms in total. The number of hydroxylamine groups is 2. The van der Waals surface area contributed by atoms with Crippen LogP contribution in [0.25, 0.3) is 10.9 Å². The van der Waals surface area contributed by atoms with Crippen molar-refractivity contribution >= 4 is 34.5 Å². The van der Waals surface area contributed by atoms with Gasteiger partial charge in [0.2, 0.25) is 6.10 Å². The number of hydrogen-bond acceptors (Lipinski definition) is 8. The van der Waals surface area contributed by atoms with Crippen LogP contribution in [0.3, 0.4) is 0 Å². The van der Waals surface area contributed by atoms with Crippen LogP contribution in [0.2, 0.25) is 0 Å². The summed E-state index contributed by atoms with van der Waals surface area (Å²) >= 11 is 0. The zero-order chi connectivity index (χ0) is 28.4. The number of carbonyl (C=O) groups excluding carboxylic acids is 3. The van der Waals surface area contributed by atoms with Crippen molar-refractivity contribution in [2.75, 3.05) is 46.2 Å². The summed E-state index contributed by atoms with van der Waals surface area (Å²) in [5.74, 6) is -0.803. The van der Waals surface area contributed by atoms with Crippen molar-refractivity contribution in [3.8, 4) is 5.75 Å². The molecular formula is C29H35N4O6+.